The van der Waals surface area contributed by atoms with Crippen LogP contribution in [0, 0.1) is 18.3 Å². The Kier molecular flexibility index (Phi) is 5.52. The lowest BCUT2D eigenvalue weighted by Crippen LogP contribution is -2.42. The van der Waals surface area contributed by atoms with Crippen LogP contribution < -0.4 is 4.90 Å². The molecule has 1 aromatic heterocycles. The van der Waals surface area contributed by atoms with Gasteiger partial charge in [0.25, 0.3) is 0 Å². The van der Waals surface area contributed by atoms with Crippen molar-refractivity contribution in [2.24, 2.45) is 0 Å². The number of rotatable bonds is 4. The highest BCUT2D eigenvalue weighted by Crippen LogP contribution is 2.24. The third kappa shape index (κ3) is 3.85. The van der Waals surface area contributed by atoms with Crippen LogP contribution in [0.5, 0.6) is 0 Å². The van der Waals surface area contributed by atoms with E-state index in [4.69, 9.17) is 0 Å². The third-order valence-corrected chi connectivity index (χ3v) is 4.89. The van der Waals surface area contributed by atoms with Crippen molar-refractivity contribution in [1.82, 2.24) is 9.88 Å². The summed E-state index contributed by atoms with van der Waals surface area (Å²) in [7, 11) is 0. The van der Waals surface area contributed by atoms with E-state index in [1.54, 1.807) is 0 Å². The van der Waals surface area contributed by atoms with Crippen molar-refractivity contribution in [3.63, 3.8) is 0 Å². The monoisotopic (exact) mass is 348 g/mol. The van der Waals surface area contributed by atoms with Crippen molar-refractivity contribution in [1.29, 1.82) is 5.26 Å². The molecule has 0 saturated carbocycles. The molecule has 1 aliphatic rings. The summed E-state index contributed by atoms with van der Waals surface area (Å²) in [6.45, 7) is 5.94. The van der Waals surface area contributed by atoms with Gasteiger partial charge in [-0.05, 0) is 31.0 Å². The summed E-state index contributed by atoms with van der Waals surface area (Å²) in [6.07, 6.45) is 1.30. The van der Waals surface area contributed by atoms with Gasteiger partial charge in [-0.25, -0.2) is 4.98 Å². The molecule has 2 heterocycles. The van der Waals surface area contributed by atoms with E-state index in [1.165, 1.54) is 0 Å². The number of aromatic nitrogens is 1. The molecule has 1 fully saturated rings. The van der Waals surface area contributed by atoms with Crippen LogP contribution in [0.15, 0.2) is 42.5 Å². The first-order valence-electron chi connectivity index (χ1n) is 9.08. The number of nitriles is 1. The zero-order valence-electron chi connectivity index (χ0n) is 15.4. The van der Waals surface area contributed by atoms with Gasteiger partial charge in [0.2, 0.25) is 5.91 Å². The van der Waals surface area contributed by atoms with Gasteiger partial charge in [-0.1, -0.05) is 37.3 Å². The normalized spacial score (nSPS) is 17.7. The summed E-state index contributed by atoms with van der Waals surface area (Å²) in [5, 5.41) is 9.44. The number of amides is 1. The molecule has 0 unspecified atom stereocenters. The number of anilines is 1. The molecule has 1 amide bonds. The number of carbonyl (C=O) groups is 1. The molecular formula is C21H24N4O. The summed E-state index contributed by atoms with van der Waals surface area (Å²) in [4.78, 5) is 21.5. The largest absolute Gasteiger partial charge is 0.353 e. The van der Waals surface area contributed by atoms with E-state index < -0.39 is 0 Å². The van der Waals surface area contributed by atoms with Gasteiger partial charge >= 0.3 is 0 Å². The van der Waals surface area contributed by atoms with Crippen LogP contribution in [0.25, 0.3) is 0 Å². The van der Waals surface area contributed by atoms with E-state index in [2.05, 4.69) is 35.0 Å². The van der Waals surface area contributed by atoms with Crippen LogP contribution in [0.2, 0.25) is 0 Å². The molecule has 1 saturated heterocycles. The summed E-state index contributed by atoms with van der Waals surface area (Å²) in [5.41, 5.74) is 2.58. The highest BCUT2D eigenvalue weighted by atomic mass is 16.2. The van der Waals surface area contributed by atoms with Crippen molar-refractivity contribution in [3.05, 3.63) is 59.3 Å². The predicted octanol–water partition coefficient (Wildman–Crippen LogP) is 3.28. The maximum atomic E-state index is 12.8. The fourth-order valence-corrected chi connectivity index (χ4v) is 3.43. The van der Waals surface area contributed by atoms with Crippen molar-refractivity contribution < 1.29 is 4.79 Å². The third-order valence-electron chi connectivity index (χ3n) is 4.89. The van der Waals surface area contributed by atoms with Gasteiger partial charge in [0.15, 0.2) is 0 Å². The molecule has 26 heavy (non-hydrogen) atoms. The second kappa shape index (κ2) is 8.01. The number of carbonyl (C=O) groups excluding carboxylic acids is 1. The predicted molar refractivity (Wildman–Crippen MR) is 102 cm³/mol. The average molecular weight is 348 g/mol. The minimum Gasteiger partial charge on any atom is -0.353 e. The summed E-state index contributed by atoms with van der Waals surface area (Å²) >= 11 is 0. The van der Waals surface area contributed by atoms with E-state index in [9.17, 15) is 10.1 Å². The Morgan fingerprint density at radius 1 is 1.23 bits per heavy atom. The molecule has 5 nitrogen and oxygen atoms in total. The first kappa shape index (κ1) is 17.9. The molecular weight excluding hydrogens is 324 g/mol. The average Bonchev–Trinajstić information content (AvgIpc) is 2.82. The lowest BCUT2D eigenvalue weighted by molar-refractivity contribution is -0.133. The lowest BCUT2D eigenvalue weighted by atomic mass is 10.1. The maximum absolute atomic E-state index is 12.8. The first-order valence-corrected chi connectivity index (χ1v) is 9.08. The van der Waals surface area contributed by atoms with Crippen molar-refractivity contribution >= 4 is 11.7 Å². The number of hydrogen-bond donors (Lipinski definition) is 0. The Morgan fingerprint density at radius 2 is 2.00 bits per heavy atom. The first-order chi connectivity index (χ1) is 12.6. The Hall–Kier alpha value is -2.87. The summed E-state index contributed by atoms with van der Waals surface area (Å²) < 4.78 is 0. The molecule has 134 valence electrons. The zero-order chi connectivity index (χ0) is 18.5. The molecule has 0 bridgehead atoms. The van der Waals surface area contributed by atoms with Gasteiger partial charge in [0.1, 0.15) is 11.9 Å². The summed E-state index contributed by atoms with van der Waals surface area (Å²) in [6, 6.07) is 16.1. The Morgan fingerprint density at radius 3 is 2.69 bits per heavy atom. The fraction of sp³-hybridized carbons (Fsp3) is 0.381. The van der Waals surface area contributed by atoms with Crippen LogP contribution in [0.3, 0.4) is 0 Å². The molecule has 2 aromatic rings. The Balaban J connectivity index is 1.87. The highest BCUT2D eigenvalue weighted by Gasteiger charge is 2.30. The molecule has 3 rings (SSSR count). The highest BCUT2D eigenvalue weighted by molar-refractivity contribution is 5.78. The molecule has 1 atom stereocenters. The van der Waals surface area contributed by atoms with E-state index in [1.807, 2.05) is 42.2 Å². The molecule has 0 spiro atoms. The number of hydrogen-bond acceptors (Lipinski definition) is 4. The van der Waals surface area contributed by atoms with Crippen molar-refractivity contribution in [2.45, 2.75) is 39.3 Å². The maximum Gasteiger partial charge on any atom is 0.224 e. The summed E-state index contributed by atoms with van der Waals surface area (Å²) in [5.74, 6) is 0.856. The fourth-order valence-electron chi connectivity index (χ4n) is 3.43. The van der Waals surface area contributed by atoms with Gasteiger partial charge in [0.05, 0.1) is 5.56 Å². The minimum absolute atomic E-state index is 0.0964. The number of benzene rings is 1. The molecule has 0 aliphatic carbocycles. The van der Waals surface area contributed by atoms with Gasteiger partial charge in [-0.2, -0.15) is 5.26 Å². The second-order valence-electron chi connectivity index (χ2n) is 6.70. The van der Waals surface area contributed by atoms with E-state index in [0.29, 0.717) is 37.4 Å². The second-order valence-corrected chi connectivity index (χ2v) is 6.70. The van der Waals surface area contributed by atoms with Gasteiger partial charge < -0.3 is 9.80 Å². The Bertz CT molecular complexity index is 813. The Labute approximate surface area is 154 Å². The van der Waals surface area contributed by atoms with E-state index >= 15 is 0 Å². The topological polar surface area (TPSA) is 60.2 Å². The smallest absolute Gasteiger partial charge is 0.224 e. The van der Waals surface area contributed by atoms with Crippen LogP contribution in [-0.4, -0.2) is 34.9 Å². The molecule has 0 N–H and O–H groups in total. The quantitative estimate of drug-likeness (QED) is 0.851. The van der Waals surface area contributed by atoms with Crippen LogP contribution in [0.1, 0.15) is 36.6 Å². The molecule has 1 aromatic carbocycles. The van der Waals surface area contributed by atoms with Gasteiger partial charge in [-0.3, -0.25) is 4.79 Å². The van der Waals surface area contributed by atoms with Crippen LogP contribution in [0.4, 0.5) is 5.82 Å². The number of pyridine rings is 1. The van der Waals surface area contributed by atoms with E-state index in [-0.39, 0.29) is 11.9 Å². The minimum atomic E-state index is 0.0964. The lowest BCUT2D eigenvalue weighted by Gasteiger charge is -2.32. The van der Waals surface area contributed by atoms with Crippen LogP contribution >= 0.6 is 0 Å². The van der Waals surface area contributed by atoms with Gasteiger partial charge in [0, 0.05) is 37.8 Å². The zero-order valence-corrected chi connectivity index (χ0v) is 15.4. The van der Waals surface area contributed by atoms with Gasteiger partial charge in [-0.15, -0.1) is 0 Å². The number of nitrogens with zero attached hydrogens (tertiary/aromatic N) is 4. The molecule has 0 radical (unpaired) electrons. The van der Waals surface area contributed by atoms with E-state index in [0.717, 1.165) is 17.7 Å². The molecule has 1 aliphatic heterocycles. The molecule has 5 heteroatoms. The van der Waals surface area contributed by atoms with Crippen LogP contribution in [-0.2, 0) is 11.3 Å². The number of aryl methyl sites for hydroxylation is 1. The standard InChI is InChI=1S/C21H24N4O/c1-3-19-15-24(21-18(13-22)10-9-16(2)23-21)12-11-20(26)25(19)14-17-7-5-4-6-8-17/h4-10,19H,3,11-12,14-15H2,1-2H3/t19-/m0/s1. The van der Waals surface area contributed by atoms with Crippen molar-refractivity contribution in [2.75, 3.05) is 18.0 Å². The SMILES string of the molecule is CC[C@H]1CN(c2nc(C)ccc2C#N)CCC(=O)N1Cc1ccccc1. The van der Waals surface area contributed by atoms with Crippen molar-refractivity contribution in [3.8, 4) is 6.07 Å².